The molecule has 27 heavy (non-hydrogen) atoms. The van der Waals surface area contributed by atoms with Gasteiger partial charge in [0.15, 0.2) is 5.82 Å². The Morgan fingerprint density at radius 1 is 1.26 bits per heavy atom. The normalized spacial score (nSPS) is 14.7. The van der Waals surface area contributed by atoms with Gasteiger partial charge in [-0.05, 0) is 56.0 Å². The van der Waals surface area contributed by atoms with E-state index in [1.807, 2.05) is 13.8 Å². The summed E-state index contributed by atoms with van der Waals surface area (Å²) < 4.78 is 13.8. The van der Waals surface area contributed by atoms with Crippen molar-refractivity contribution in [3.63, 3.8) is 0 Å². The van der Waals surface area contributed by atoms with Gasteiger partial charge in [-0.1, -0.05) is 12.1 Å². The molecule has 1 saturated carbocycles. The highest BCUT2D eigenvalue weighted by atomic mass is 32.2. The first-order valence-electron chi connectivity index (χ1n) is 8.69. The first kappa shape index (κ1) is 17.4. The molecule has 0 radical (unpaired) electrons. The monoisotopic (exact) mass is 378 g/mol. The number of rotatable bonds is 4. The number of aromatic nitrogens is 3. The molecular formula is C20H18N4O2S. The Kier molecular flexibility index (Phi) is 4.28. The van der Waals surface area contributed by atoms with Gasteiger partial charge >= 0.3 is 0 Å². The van der Waals surface area contributed by atoms with Crippen LogP contribution in [0, 0.1) is 25.2 Å². The molecule has 2 heterocycles. The van der Waals surface area contributed by atoms with E-state index >= 15 is 0 Å². The van der Waals surface area contributed by atoms with Crippen LogP contribution in [0.2, 0.25) is 0 Å². The molecule has 136 valence electrons. The summed E-state index contributed by atoms with van der Waals surface area (Å²) in [5.41, 5.74) is 3.21. The Hall–Kier alpha value is -2.98. The topological polar surface area (TPSA) is 91.5 Å². The van der Waals surface area contributed by atoms with E-state index in [4.69, 9.17) is 5.26 Å². The van der Waals surface area contributed by atoms with E-state index in [9.17, 15) is 9.00 Å². The Labute approximate surface area is 158 Å². The van der Waals surface area contributed by atoms with Crippen LogP contribution in [0.15, 0.2) is 46.2 Å². The third-order valence-electron chi connectivity index (χ3n) is 4.70. The lowest BCUT2D eigenvalue weighted by Crippen LogP contribution is -2.17. The molecule has 1 aromatic carbocycles. The van der Waals surface area contributed by atoms with Crippen molar-refractivity contribution in [2.45, 2.75) is 36.8 Å². The Bertz CT molecular complexity index is 1150. The highest BCUT2D eigenvalue weighted by Gasteiger charge is 2.30. The lowest BCUT2D eigenvalue weighted by Gasteiger charge is -2.07. The van der Waals surface area contributed by atoms with E-state index in [0.29, 0.717) is 16.9 Å². The smallest absolute Gasteiger partial charge is 0.280 e. The molecule has 1 aliphatic carbocycles. The minimum Gasteiger partial charge on any atom is -0.293 e. The van der Waals surface area contributed by atoms with Crippen molar-refractivity contribution in [2.75, 3.05) is 0 Å². The zero-order valence-electron chi connectivity index (χ0n) is 15.0. The average molecular weight is 378 g/mol. The molecular weight excluding hydrogens is 360 g/mol. The molecule has 1 atom stereocenters. The number of H-pyrrole nitrogens is 1. The van der Waals surface area contributed by atoms with Gasteiger partial charge in [-0.15, -0.1) is 0 Å². The maximum atomic E-state index is 13.0. The molecule has 1 aliphatic rings. The number of hydrogen-bond acceptors (Lipinski definition) is 4. The zero-order valence-corrected chi connectivity index (χ0v) is 15.8. The fourth-order valence-electron chi connectivity index (χ4n) is 3.08. The minimum absolute atomic E-state index is 0.208. The Morgan fingerprint density at radius 2 is 1.96 bits per heavy atom. The summed E-state index contributed by atoms with van der Waals surface area (Å²) >= 11 is 0. The van der Waals surface area contributed by atoms with Crippen LogP contribution in [0.5, 0.6) is 0 Å². The number of benzene rings is 1. The lowest BCUT2D eigenvalue weighted by atomic mass is 10.1. The quantitative estimate of drug-likeness (QED) is 0.755. The molecule has 0 amide bonds. The molecule has 0 bridgehead atoms. The number of nitriles is 1. The van der Waals surface area contributed by atoms with Gasteiger partial charge in [0.2, 0.25) is 0 Å². The molecule has 0 saturated heterocycles. The summed E-state index contributed by atoms with van der Waals surface area (Å²) in [6.07, 6.45) is 3.61. The van der Waals surface area contributed by atoms with E-state index in [1.54, 1.807) is 36.5 Å². The van der Waals surface area contributed by atoms with Gasteiger partial charge in [-0.3, -0.25) is 14.1 Å². The van der Waals surface area contributed by atoms with Crippen LogP contribution >= 0.6 is 0 Å². The van der Waals surface area contributed by atoms with Crippen molar-refractivity contribution < 1.29 is 4.21 Å². The van der Waals surface area contributed by atoms with Crippen molar-refractivity contribution in [1.82, 2.24) is 14.8 Å². The average Bonchev–Trinajstić information content (AvgIpc) is 3.47. The molecule has 3 aromatic rings. The molecule has 1 N–H and O–H groups in total. The minimum atomic E-state index is -1.02. The molecule has 2 aromatic heterocycles. The molecule has 0 unspecified atom stereocenters. The highest BCUT2D eigenvalue weighted by molar-refractivity contribution is 7.86. The van der Waals surface area contributed by atoms with Crippen LogP contribution in [0.3, 0.4) is 0 Å². The first-order chi connectivity index (χ1) is 13.0. The maximum Gasteiger partial charge on any atom is 0.280 e. The van der Waals surface area contributed by atoms with Gasteiger partial charge in [0, 0.05) is 17.1 Å². The number of pyridine rings is 1. The fourth-order valence-corrected chi connectivity index (χ4v) is 4.54. The molecule has 6 nitrogen and oxygen atoms in total. The van der Waals surface area contributed by atoms with Gasteiger partial charge in [0.1, 0.15) is 0 Å². The van der Waals surface area contributed by atoms with Gasteiger partial charge in [-0.2, -0.15) is 5.26 Å². The predicted octanol–water partition coefficient (Wildman–Crippen LogP) is 2.99. The van der Waals surface area contributed by atoms with Crippen molar-refractivity contribution in [2.24, 2.45) is 0 Å². The van der Waals surface area contributed by atoms with Crippen LogP contribution in [-0.2, 0) is 10.8 Å². The van der Waals surface area contributed by atoms with Crippen molar-refractivity contribution in [1.29, 1.82) is 5.26 Å². The van der Waals surface area contributed by atoms with Crippen molar-refractivity contribution in [3.05, 3.63) is 63.7 Å². The lowest BCUT2D eigenvalue weighted by molar-refractivity contribution is 0.681. The molecule has 4 rings (SSSR count). The summed E-state index contributed by atoms with van der Waals surface area (Å²) in [4.78, 5) is 18.1. The van der Waals surface area contributed by atoms with Crippen molar-refractivity contribution in [3.8, 4) is 23.0 Å². The van der Waals surface area contributed by atoms with Gasteiger partial charge in [0.25, 0.3) is 5.56 Å². The number of nitrogens with zero attached hydrogens (tertiary/aromatic N) is 3. The molecule has 7 heteroatoms. The van der Waals surface area contributed by atoms with Crippen LogP contribution in [0.25, 0.3) is 16.9 Å². The zero-order chi connectivity index (χ0) is 19.1. The number of hydrogen-bond donors (Lipinski definition) is 1. The van der Waals surface area contributed by atoms with E-state index < -0.39 is 10.8 Å². The first-order valence-corrected chi connectivity index (χ1v) is 9.90. The Balaban J connectivity index is 1.75. The third-order valence-corrected chi connectivity index (χ3v) is 6.63. The number of nitrogens with one attached hydrogen (secondary N) is 1. The van der Waals surface area contributed by atoms with Crippen LogP contribution in [-0.4, -0.2) is 24.2 Å². The van der Waals surface area contributed by atoms with Gasteiger partial charge in [0.05, 0.1) is 32.9 Å². The molecule has 0 aliphatic heterocycles. The number of aromatic amines is 1. The van der Waals surface area contributed by atoms with E-state index in [-0.39, 0.29) is 10.8 Å². The van der Waals surface area contributed by atoms with Crippen molar-refractivity contribution >= 4 is 10.8 Å². The van der Waals surface area contributed by atoms with Crippen LogP contribution < -0.4 is 5.56 Å². The summed E-state index contributed by atoms with van der Waals surface area (Å²) in [6.45, 7) is 3.72. The second-order valence-electron chi connectivity index (χ2n) is 6.75. The van der Waals surface area contributed by atoms with Gasteiger partial charge < -0.3 is 0 Å². The van der Waals surface area contributed by atoms with E-state index in [1.165, 1.54) is 4.68 Å². The molecule has 0 spiro atoms. The maximum absolute atomic E-state index is 13.0. The predicted molar refractivity (Wildman–Crippen MR) is 103 cm³/mol. The standard InChI is InChI=1S/C20H18N4O2S/c1-12-9-18(22-11-17(12)27(26)16-7-8-16)24-20(25)19(13(2)23-24)15-5-3-14(10-21)4-6-15/h3-6,9,11,16,23H,7-8H2,1-2H3/t27-/m1/s1. The van der Waals surface area contributed by atoms with E-state index in [0.717, 1.165) is 34.6 Å². The Morgan fingerprint density at radius 3 is 2.56 bits per heavy atom. The van der Waals surface area contributed by atoms with Crippen LogP contribution in [0.4, 0.5) is 0 Å². The van der Waals surface area contributed by atoms with Gasteiger partial charge in [-0.25, -0.2) is 9.67 Å². The van der Waals surface area contributed by atoms with E-state index in [2.05, 4.69) is 16.2 Å². The summed E-state index contributed by atoms with van der Waals surface area (Å²) in [7, 11) is -1.02. The second-order valence-corrected chi connectivity index (χ2v) is 8.45. The SMILES string of the molecule is Cc1cc(-n2[nH]c(C)c(-c3ccc(C#N)cc3)c2=O)ncc1[S@](=O)C1CC1. The fraction of sp³-hybridized carbons (Fsp3) is 0.250. The largest absolute Gasteiger partial charge is 0.293 e. The number of aryl methyl sites for hydroxylation is 2. The summed E-state index contributed by atoms with van der Waals surface area (Å²) in [5, 5.41) is 12.2. The summed E-state index contributed by atoms with van der Waals surface area (Å²) in [6, 6.07) is 10.8. The summed E-state index contributed by atoms with van der Waals surface area (Å²) in [5.74, 6) is 0.469. The van der Waals surface area contributed by atoms with Crippen LogP contribution in [0.1, 0.15) is 29.7 Å². The molecule has 1 fully saturated rings. The highest BCUT2D eigenvalue weighted by Crippen LogP contribution is 2.31. The second kappa shape index (κ2) is 6.63. The third kappa shape index (κ3) is 3.13.